The van der Waals surface area contributed by atoms with Gasteiger partial charge in [0.05, 0.1) is 11.7 Å². The van der Waals surface area contributed by atoms with E-state index in [1.807, 2.05) is 0 Å². The Hall–Kier alpha value is -0.660. The molecule has 2 heterocycles. The van der Waals surface area contributed by atoms with E-state index in [-0.39, 0.29) is 24.1 Å². The summed E-state index contributed by atoms with van der Waals surface area (Å²) in [4.78, 5) is 11.9. The standard InChI is InChI=1S/C11H21N3O3S/c1-14(2)18(16,17)6-5-12-11(15)9-7-8-3-4-10(9)13-8/h8-10,13H,3-7H2,1-2H3,(H,12,15). The molecule has 2 bridgehead atoms. The summed E-state index contributed by atoms with van der Waals surface area (Å²) in [5, 5.41) is 6.13. The lowest BCUT2D eigenvalue weighted by Gasteiger charge is -2.19. The molecular weight excluding hydrogens is 254 g/mol. The van der Waals surface area contributed by atoms with Crippen molar-refractivity contribution in [1.82, 2.24) is 14.9 Å². The monoisotopic (exact) mass is 275 g/mol. The second kappa shape index (κ2) is 5.14. The number of carbonyl (C=O) groups is 1. The summed E-state index contributed by atoms with van der Waals surface area (Å²) in [6.45, 7) is 0.188. The second-order valence-electron chi connectivity index (χ2n) is 5.28. The maximum Gasteiger partial charge on any atom is 0.224 e. The molecule has 0 spiro atoms. The first kappa shape index (κ1) is 13.8. The minimum absolute atomic E-state index is 0.0105. The first-order valence-electron chi connectivity index (χ1n) is 6.34. The predicted molar refractivity (Wildman–Crippen MR) is 68.5 cm³/mol. The van der Waals surface area contributed by atoms with Gasteiger partial charge in [0.1, 0.15) is 0 Å². The molecule has 0 aromatic rings. The van der Waals surface area contributed by atoms with Crippen LogP contribution in [0.2, 0.25) is 0 Å². The number of amides is 1. The van der Waals surface area contributed by atoms with Crippen molar-refractivity contribution in [2.45, 2.75) is 31.3 Å². The van der Waals surface area contributed by atoms with Gasteiger partial charge in [0.25, 0.3) is 0 Å². The van der Waals surface area contributed by atoms with Crippen LogP contribution in [0.3, 0.4) is 0 Å². The zero-order valence-corrected chi connectivity index (χ0v) is 11.7. The molecule has 6 nitrogen and oxygen atoms in total. The van der Waals surface area contributed by atoms with Crippen LogP contribution in [0.4, 0.5) is 0 Å². The molecule has 18 heavy (non-hydrogen) atoms. The molecule has 2 N–H and O–H groups in total. The molecular formula is C11H21N3O3S. The van der Waals surface area contributed by atoms with Crippen molar-refractivity contribution in [1.29, 1.82) is 0 Å². The van der Waals surface area contributed by atoms with Crippen LogP contribution >= 0.6 is 0 Å². The fourth-order valence-corrected chi connectivity index (χ4v) is 3.46. The predicted octanol–water partition coefficient (Wildman–Crippen LogP) is -0.865. The molecule has 0 aromatic carbocycles. The highest BCUT2D eigenvalue weighted by atomic mass is 32.2. The van der Waals surface area contributed by atoms with Gasteiger partial charge in [-0.3, -0.25) is 4.79 Å². The topological polar surface area (TPSA) is 78.5 Å². The van der Waals surface area contributed by atoms with Crippen LogP contribution in [0.5, 0.6) is 0 Å². The molecule has 1 amide bonds. The highest BCUT2D eigenvalue weighted by molar-refractivity contribution is 7.89. The highest BCUT2D eigenvalue weighted by Gasteiger charge is 2.42. The lowest BCUT2D eigenvalue weighted by molar-refractivity contribution is -0.125. The van der Waals surface area contributed by atoms with E-state index in [1.54, 1.807) is 0 Å². The first-order chi connectivity index (χ1) is 8.40. The maximum absolute atomic E-state index is 11.9. The summed E-state index contributed by atoms with van der Waals surface area (Å²) < 4.78 is 24.2. The van der Waals surface area contributed by atoms with Gasteiger partial charge in [-0.15, -0.1) is 0 Å². The lowest BCUT2D eigenvalue weighted by atomic mass is 9.88. The molecule has 2 rings (SSSR count). The van der Waals surface area contributed by atoms with E-state index in [2.05, 4.69) is 10.6 Å². The van der Waals surface area contributed by atoms with Crippen molar-refractivity contribution in [2.24, 2.45) is 5.92 Å². The molecule has 2 aliphatic rings. The molecule has 3 unspecified atom stereocenters. The number of hydrogen-bond acceptors (Lipinski definition) is 4. The molecule has 104 valence electrons. The van der Waals surface area contributed by atoms with Crippen LogP contribution in [-0.4, -0.2) is 57.1 Å². The number of nitrogens with one attached hydrogen (secondary N) is 2. The Morgan fingerprint density at radius 3 is 2.61 bits per heavy atom. The second-order valence-corrected chi connectivity index (χ2v) is 7.58. The van der Waals surface area contributed by atoms with E-state index < -0.39 is 10.0 Å². The summed E-state index contributed by atoms with van der Waals surface area (Å²) in [6.07, 6.45) is 3.10. The summed E-state index contributed by atoms with van der Waals surface area (Å²) >= 11 is 0. The van der Waals surface area contributed by atoms with Gasteiger partial charge in [-0.1, -0.05) is 0 Å². The lowest BCUT2D eigenvalue weighted by Crippen LogP contribution is -2.40. The normalized spacial score (nSPS) is 30.9. The zero-order valence-electron chi connectivity index (χ0n) is 10.8. The van der Waals surface area contributed by atoms with Crippen LogP contribution in [-0.2, 0) is 14.8 Å². The summed E-state index contributed by atoms with van der Waals surface area (Å²) in [6, 6.07) is 0.775. The minimum Gasteiger partial charge on any atom is -0.355 e. The minimum atomic E-state index is -3.22. The van der Waals surface area contributed by atoms with Crippen molar-refractivity contribution >= 4 is 15.9 Å². The third-order valence-electron chi connectivity index (χ3n) is 3.85. The van der Waals surface area contributed by atoms with Crippen molar-refractivity contribution in [3.8, 4) is 0 Å². The molecule has 0 saturated carbocycles. The zero-order chi connectivity index (χ0) is 13.3. The molecule has 2 fully saturated rings. The van der Waals surface area contributed by atoms with Gasteiger partial charge in [-0.2, -0.15) is 0 Å². The Labute approximate surface area is 108 Å². The van der Waals surface area contributed by atoms with Crippen LogP contribution in [0.15, 0.2) is 0 Å². The Bertz CT molecular complexity index is 421. The van der Waals surface area contributed by atoms with E-state index in [0.29, 0.717) is 12.1 Å². The average Bonchev–Trinajstić information content (AvgIpc) is 2.89. The summed E-state index contributed by atoms with van der Waals surface area (Å²) in [7, 11) is -0.231. The number of nitrogens with zero attached hydrogens (tertiary/aromatic N) is 1. The van der Waals surface area contributed by atoms with Gasteiger partial charge in [0, 0.05) is 32.7 Å². The summed E-state index contributed by atoms with van der Waals surface area (Å²) in [5.41, 5.74) is 0. The molecule has 0 aromatic heterocycles. The van der Waals surface area contributed by atoms with Crippen LogP contribution in [0, 0.1) is 5.92 Å². The largest absolute Gasteiger partial charge is 0.355 e. The van der Waals surface area contributed by atoms with Crippen LogP contribution < -0.4 is 10.6 Å². The quantitative estimate of drug-likeness (QED) is 0.684. The van der Waals surface area contributed by atoms with Gasteiger partial charge >= 0.3 is 0 Å². The van der Waals surface area contributed by atoms with E-state index in [9.17, 15) is 13.2 Å². The molecule has 2 aliphatic heterocycles. The Balaban J connectivity index is 1.76. The first-order valence-corrected chi connectivity index (χ1v) is 7.95. The van der Waals surface area contributed by atoms with Gasteiger partial charge in [-0.05, 0) is 19.3 Å². The van der Waals surface area contributed by atoms with Gasteiger partial charge in [0.2, 0.25) is 15.9 Å². The third kappa shape index (κ3) is 2.84. The molecule has 3 atom stereocenters. The number of fused-ring (bicyclic) bond motifs is 2. The van der Waals surface area contributed by atoms with Gasteiger partial charge in [0.15, 0.2) is 0 Å². The maximum atomic E-state index is 11.9. The summed E-state index contributed by atoms with van der Waals surface area (Å²) in [5.74, 6) is -0.0329. The molecule has 0 aliphatic carbocycles. The van der Waals surface area contributed by atoms with Crippen molar-refractivity contribution in [3.05, 3.63) is 0 Å². The number of rotatable bonds is 5. The van der Waals surface area contributed by atoms with Crippen molar-refractivity contribution in [3.63, 3.8) is 0 Å². The van der Waals surface area contributed by atoms with Crippen LogP contribution in [0.25, 0.3) is 0 Å². The van der Waals surface area contributed by atoms with Gasteiger partial charge < -0.3 is 10.6 Å². The number of sulfonamides is 1. The highest BCUT2D eigenvalue weighted by Crippen LogP contribution is 2.33. The Kier molecular flexibility index (Phi) is 3.93. The smallest absolute Gasteiger partial charge is 0.224 e. The molecule has 7 heteroatoms. The Morgan fingerprint density at radius 2 is 2.11 bits per heavy atom. The van der Waals surface area contributed by atoms with E-state index in [1.165, 1.54) is 18.4 Å². The fourth-order valence-electron chi connectivity index (χ4n) is 2.73. The number of hydrogen-bond donors (Lipinski definition) is 2. The fraction of sp³-hybridized carbons (Fsp3) is 0.909. The SMILES string of the molecule is CN(C)S(=O)(=O)CCNC(=O)C1CC2CCC1N2. The Morgan fingerprint density at radius 1 is 1.39 bits per heavy atom. The number of carbonyl (C=O) groups excluding carboxylic acids is 1. The van der Waals surface area contributed by atoms with Crippen molar-refractivity contribution < 1.29 is 13.2 Å². The van der Waals surface area contributed by atoms with Crippen molar-refractivity contribution in [2.75, 3.05) is 26.4 Å². The average molecular weight is 275 g/mol. The van der Waals surface area contributed by atoms with E-state index >= 15 is 0 Å². The van der Waals surface area contributed by atoms with Crippen LogP contribution in [0.1, 0.15) is 19.3 Å². The third-order valence-corrected chi connectivity index (χ3v) is 5.69. The van der Waals surface area contributed by atoms with E-state index in [4.69, 9.17) is 0 Å². The van der Waals surface area contributed by atoms with Gasteiger partial charge in [-0.25, -0.2) is 12.7 Å². The van der Waals surface area contributed by atoms with E-state index in [0.717, 1.165) is 19.3 Å². The molecule has 0 radical (unpaired) electrons. The molecule has 2 saturated heterocycles.